The van der Waals surface area contributed by atoms with Gasteiger partial charge in [0.25, 0.3) is 6.71 Å². The van der Waals surface area contributed by atoms with Gasteiger partial charge in [0.2, 0.25) is 5.78 Å². The van der Waals surface area contributed by atoms with Crippen LogP contribution in [-0.4, -0.2) is 20.7 Å². The molecule has 252 valence electrons. The molecule has 12 rings (SSSR count). The average molecular weight is 709 g/mol. The van der Waals surface area contributed by atoms with Gasteiger partial charge in [0.1, 0.15) is 11.5 Å². The number of nitrogens with zero attached hydrogens (tertiary/aromatic N) is 4. The molecule has 0 radical (unpaired) electrons. The molecule has 5 heterocycles. The molecule has 0 saturated carbocycles. The maximum absolute atomic E-state index is 7.19. The second kappa shape index (κ2) is 11.3. The first-order valence-corrected chi connectivity index (χ1v) is 19.1. The topological polar surface area (TPSA) is 34.7 Å². The predicted octanol–water partition coefficient (Wildman–Crippen LogP) is 10.2. The number of fused-ring (bicyclic) bond motifs is 9. The molecule has 54 heavy (non-hydrogen) atoms. The number of anilines is 3. The van der Waals surface area contributed by atoms with Gasteiger partial charge in [0, 0.05) is 27.2 Å². The average Bonchev–Trinajstić information content (AvgIpc) is 3.91. The number of para-hydroxylation sites is 4. The van der Waals surface area contributed by atoms with E-state index in [2.05, 4.69) is 190 Å². The summed E-state index contributed by atoms with van der Waals surface area (Å²) < 4.78 is 13.1. The highest BCUT2D eigenvalue weighted by molar-refractivity contribution is 7.26. The first-order valence-electron chi connectivity index (χ1n) is 18.3. The highest BCUT2D eigenvalue weighted by atomic mass is 32.1. The van der Waals surface area contributed by atoms with Gasteiger partial charge in [-0.3, -0.25) is 8.97 Å². The number of hydrogen-bond acceptors (Lipinski definition) is 4. The molecule has 0 amide bonds. The van der Waals surface area contributed by atoms with E-state index in [4.69, 9.17) is 9.72 Å². The summed E-state index contributed by atoms with van der Waals surface area (Å²) in [6, 6.07) is 62.4. The molecule has 2 aliphatic heterocycles. The molecular formula is C47H29BN4OS. The minimum absolute atomic E-state index is 0.0247. The van der Waals surface area contributed by atoms with Gasteiger partial charge in [-0.15, -0.1) is 11.3 Å². The lowest BCUT2D eigenvalue weighted by atomic mass is 9.34. The van der Waals surface area contributed by atoms with Crippen LogP contribution in [0.25, 0.3) is 55.1 Å². The standard InChI is InChI=1S/C47H29BN4OS/c1-4-16-30(17-5-1)43-44(31-18-6-2-7-19-31)52-36-25-13-12-24-35(36)51(47(52)49-43)38-29-28-37-42-45(38)53-39-26-14-11-23-34(39)48(42)41-33-22-10-15-27-40(33)54-46(41)50(37)32-20-8-3-9-21-32/h1-29H. The van der Waals surface area contributed by atoms with Gasteiger partial charge in [0.15, 0.2) is 0 Å². The largest absolute Gasteiger partial charge is 0.456 e. The Morgan fingerprint density at radius 2 is 1.20 bits per heavy atom. The minimum atomic E-state index is -0.0247. The van der Waals surface area contributed by atoms with E-state index < -0.39 is 0 Å². The van der Waals surface area contributed by atoms with Crippen molar-refractivity contribution in [1.82, 2.24) is 14.0 Å². The van der Waals surface area contributed by atoms with E-state index in [9.17, 15) is 0 Å². The van der Waals surface area contributed by atoms with Crippen LogP contribution in [0, 0.1) is 0 Å². The Kier molecular flexibility index (Phi) is 6.24. The molecule has 7 heteroatoms. The van der Waals surface area contributed by atoms with Crippen molar-refractivity contribution in [3.63, 3.8) is 0 Å². The van der Waals surface area contributed by atoms with Crippen molar-refractivity contribution in [3.8, 4) is 39.7 Å². The summed E-state index contributed by atoms with van der Waals surface area (Å²) in [7, 11) is 0. The second-order valence-electron chi connectivity index (χ2n) is 13.9. The number of aromatic nitrogens is 3. The van der Waals surface area contributed by atoms with Crippen LogP contribution in [0.5, 0.6) is 11.5 Å². The highest BCUT2D eigenvalue weighted by Crippen LogP contribution is 2.48. The van der Waals surface area contributed by atoms with Crippen LogP contribution in [0.15, 0.2) is 176 Å². The maximum Gasteiger partial charge on any atom is 0.258 e. The fourth-order valence-corrected chi connectivity index (χ4v) is 10.1. The van der Waals surface area contributed by atoms with E-state index in [0.717, 1.165) is 67.9 Å². The number of hydrogen-bond donors (Lipinski definition) is 0. The maximum atomic E-state index is 7.19. The van der Waals surface area contributed by atoms with Crippen LogP contribution in [0.1, 0.15) is 0 Å². The Balaban J connectivity index is 1.21. The number of imidazole rings is 2. The van der Waals surface area contributed by atoms with Crippen molar-refractivity contribution < 1.29 is 4.74 Å². The molecule has 0 aliphatic carbocycles. The third-order valence-electron chi connectivity index (χ3n) is 11.0. The van der Waals surface area contributed by atoms with E-state index in [-0.39, 0.29) is 6.71 Å². The van der Waals surface area contributed by atoms with Crippen LogP contribution in [0.2, 0.25) is 0 Å². The summed E-state index contributed by atoms with van der Waals surface area (Å²) >= 11 is 1.86. The molecule has 0 bridgehead atoms. The van der Waals surface area contributed by atoms with Crippen molar-refractivity contribution in [2.75, 3.05) is 4.90 Å². The summed E-state index contributed by atoms with van der Waals surface area (Å²) in [6.45, 7) is -0.0247. The van der Waals surface area contributed by atoms with Gasteiger partial charge in [-0.25, -0.2) is 4.98 Å². The van der Waals surface area contributed by atoms with Crippen LogP contribution in [0.3, 0.4) is 0 Å². The zero-order chi connectivity index (χ0) is 35.3. The van der Waals surface area contributed by atoms with Crippen LogP contribution >= 0.6 is 11.3 Å². The summed E-state index contributed by atoms with van der Waals surface area (Å²) in [5.74, 6) is 2.57. The quantitative estimate of drug-likeness (QED) is 0.171. The SMILES string of the molecule is c1ccc(-c2nc3n(-c4ccc5c6c4Oc4ccccc4B6c4c(sc6ccccc46)N5c4ccccc4)c4ccccc4n3c2-c2ccccc2)cc1. The Labute approximate surface area is 315 Å². The predicted molar refractivity (Wildman–Crippen MR) is 224 cm³/mol. The van der Waals surface area contributed by atoms with Gasteiger partial charge in [-0.2, -0.15) is 0 Å². The molecule has 5 nitrogen and oxygen atoms in total. The third kappa shape index (κ3) is 4.07. The molecule has 10 aromatic rings. The van der Waals surface area contributed by atoms with Gasteiger partial charge >= 0.3 is 0 Å². The van der Waals surface area contributed by atoms with E-state index in [0.29, 0.717) is 0 Å². The van der Waals surface area contributed by atoms with Gasteiger partial charge < -0.3 is 9.64 Å². The van der Waals surface area contributed by atoms with Gasteiger partial charge in [-0.1, -0.05) is 127 Å². The van der Waals surface area contributed by atoms with E-state index in [1.807, 2.05) is 11.3 Å². The molecule has 2 aliphatic rings. The van der Waals surface area contributed by atoms with Crippen molar-refractivity contribution in [2.45, 2.75) is 0 Å². The fourth-order valence-electron chi connectivity index (χ4n) is 8.79. The summed E-state index contributed by atoms with van der Waals surface area (Å²) in [4.78, 5) is 7.98. The minimum Gasteiger partial charge on any atom is -0.456 e. The molecule has 0 N–H and O–H groups in total. The normalized spacial score (nSPS) is 12.9. The summed E-state index contributed by atoms with van der Waals surface area (Å²) in [5, 5.41) is 2.53. The number of ether oxygens (including phenoxy) is 1. The van der Waals surface area contributed by atoms with Gasteiger partial charge in [-0.05, 0) is 70.3 Å². The summed E-state index contributed by atoms with van der Waals surface area (Å²) in [6.07, 6.45) is 0. The molecule has 0 saturated heterocycles. The third-order valence-corrected chi connectivity index (χ3v) is 12.2. The first kappa shape index (κ1) is 29.7. The molecule has 0 unspecified atom stereocenters. The van der Waals surface area contributed by atoms with E-state index in [1.54, 1.807) is 0 Å². The van der Waals surface area contributed by atoms with Crippen LogP contribution in [-0.2, 0) is 0 Å². The van der Waals surface area contributed by atoms with E-state index in [1.165, 1.54) is 31.5 Å². The lowest BCUT2D eigenvalue weighted by Gasteiger charge is -2.39. The number of benzene rings is 7. The smallest absolute Gasteiger partial charge is 0.258 e. The Morgan fingerprint density at radius 1 is 0.556 bits per heavy atom. The molecule has 0 atom stereocenters. The molecule has 0 fully saturated rings. The van der Waals surface area contributed by atoms with Crippen molar-refractivity contribution in [3.05, 3.63) is 176 Å². The zero-order valence-electron chi connectivity index (χ0n) is 28.9. The van der Waals surface area contributed by atoms with Crippen LogP contribution in [0.4, 0.5) is 16.4 Å². The number of thiophene rings is 1. The monoisotopic (exact) mass is 708 g/mol. The van der Waals surface area contributed by atoms with Crippen molar-refractivity contribution in [2.24, 2.45) is 0 Å². The van der Waals surface area contributed by atoms with E-state index >= 15 is 0 Å². The lowest BCUT2D eigenvalue weighted by Crippen LogP contribution is -2.59. The van der Waals surface area contributed by atoms with Gasteiger partial charge in [0.05, 0.1) is 33.1 Å². The Morgan fingerprint density at radius 3 is 2.02 bits per heavy atom. The Hall–Kier alpha value is -6.83. The number of rotatable bonds is 4. The molecule has 7 aromatic carbocycles. The molecule has 0 spiro atoms. The van der Waals surface area contributed by atoms with Crippen molar-refractivity contribution in [1.29, 1.82) is 0 Å². The van der Waals surface area contributed by atoms with Crippen LogP contribution < -0.4 is 26.0 Å². The zero-order valence-corrected chi connectivity index (χ0v) is 29.7. The fraction of sp³-hybridized carbons (Fsp3) is 0. The summed E-state index contributed by atoms with van der Waals surface area (Å²) in [5.41, 5.74) is 13.2. The first-order chi connectivity index (χ1) is 26.8. The highest BCUT2D eigenvalue weighted by Gasteiger charge is 2.45. The Bertz CT molecular complexity index is 3100. The second-order valence-corrected chi connectivity index (χ2v) is 14.9. The molecular weight excluding hydrogens is 679 g/mol. The lowest BCUT2D eigenvalue weighted by molar-refractivity contribution is 0.485. The van der Waals surface area contributed by atoms with Crippen molar-refractivity contribution >= 4 is 77.7 Å². The molecule has 3 aromatic heterocycles.